The molecule has 2 rings (SSSR count). The van der Waals surface area contributed by atoms with Crippen LogP contribution in [0.2, 0.25) is 0 Å². The Morgan fingerprint density at radius 1 is 1.65 bits per heavy atom. The number of rotatable bonds is 4. The summed E-state index contributed by atoms with van der Waals surface area (Å²) in [6.45, 7) is 1.58. The molecule has 1 aromatic rings. The smallest absolute Gasteiger partial charge is 0.325 e. The van der Waals surface area contributed by atoms with Gasteiger partial charge in [0.1, 0.15) is 18.7 Å². The number of aromatic nitrogens is 2. The SMILES string of the molecule is COC(=O)CNc1cc(C2CCOC2)ncn1. The van der Waals surface area contributed by atoms with Gasteiger partial charge in [-0.1, -0.05) is 0 Å². The highest BCUT2D eigenvalue weighted by Crippen LogP contribution is 2.24. The van der Waals surface area contributed by atoms with Crippen LogP contribution >= 0.6 is 0 Å². The standard InChI is InChI=1S/C11H15N3O3/c1-16-11(15)5-12-10-4-9(13-7-14-10)8-2-3-17-6-8/h4,7-8H,2-3,5-6H2,1H3,(H,12,13,14). The van der Waals surface area contributed by atoms with Crippen LogP contribution in [0.5, 0.6) is 0 Å². The van der Waals surface area contributed by atoms with Gasteiger partial charge < -0.3 is 14.8 Å². The van der Waals surface area contributed by atoms with Crippen molar-refractivity contribution < 1.29 is 14.3 Å². The maximum Gasteiger partial charge on any atom is 0.325 e. The first-order valence-corrected chi connectivity index (χ1v) is 5.50. The number of anilines is 1. The number of ether oxygens (including phenoxy) is 2. The van der Waals surface area contributed by atoms with Gasteiger partial charge in [0.2, 0.25) is 0 Å². The Bertz CT molecular complexity index is 391. The van der Waals surface area contributed by atoms with E-state index in [4.69, 9.17) is 4.74 Å². The van der Waals surface area contributed by atoms with E-state index < -0.39 is 0 Å². The minimum atomic E-state index is -0.325. The lowest BCUT2D eigenvalue weighted by atomic mass is 10.1. The lowest BCUT2D eigenvalue weighted by molar-refractivity contribution is -0.138. The second kappa shape index (κ2) is 5.58. The molecule has 1 saturated heterocycles. The van der Waals surface area contributed by atoms with Crippen LogP contribution in [-0.4, -0.2) is 42.8 Å². The molecular weight excluding hydrogens is 222 g/mol. The highest BCUT2D eigenvalue weighted by molar-refractivity contribution is 5.74. The van der Waals surface area contributed by atoms with Crippen LogP contribution in [-0.2, 0) is 14.3 Å². The maximum absolute atomic E-state index is 11.0. The van der Waals surface area contributed by atoms with Crippen molar-refractivity contribution in [2.45, 2.75) is 12.3 Å². The van der Waals surface area contributed by atoms with Crippen LogP contribution < -0.4 is 5.32 Å². The molecule has 1 unspecified atom stereocenters. The topological polar surface area (TPSA) is 73.3 Å². The van der Waals surface area contributed by atoms with Crippen molar-refractivity contribution in [1.82, 2.24) is 9.97 Å². The van der Waals surface area contributed by atoms with E-state index in [1.54, 1.807) is 0 Å². The van der Waals surface area contributed by atoms with Crippen molar-refractivity contribution in [3.63, 3.8) is 0 Å². The Labute approximate surface area is 99.4 Å². The summed E-state index contributed by atoms with van der Waals surface area (Å²) in [4.78, 5) is 19.2. The summed E-state index contributed by atoms with van der Waals surface area (Å²) in [5.74, 6) is 0.637. The number of nitrogens with zero attached hydrogens (tertiary/aromatic N) is 2. The van der Waals surface area contributed by atoms with Gasteiger partial charge in [0.05, 0.1) is 19.4 Å². The van der Waals surface area contributed by atoms with Gasteiger partial charge >= 0.3 is 5.97 Å². The van der Waals surface area contributed by atoms with Gasteiger partial charge in [-0.05, 0) is 6.42 Å². The van der Waals surface area contributed by atoms with Crippen molar-refractivity contribution in [2.24, 2.45) is 0 Å². The van der Waals surface area contributed by atoms with E-state index in [-0.39, 0.29) is 12.5 Å². The van der Waals surface area contributed by atoms with Crippen molar-refractivity contribution in [3.8, 4) is 0 Å². The molecule has 0 amide bonds. The first-order valence-electron chi connectivity index (χ1n) is 5.50. The molecule has 0 spiro atoms. The van der Waals surface area contributed by atoms with Crippen LogP contribution in [0.15, 0.2) is 12.4 Å². The zero-order valence-electron chi connectivity index (χ0n) is 9.68. The number of esters is 1. The minimum absolute atomic E-state index is 0.105. The largest absolute Gasteiger partial charge is 0.468 e. The fourth-order valence-electron chi connectivity index (χ4n) is 1.69. The Kier molecular flexibility index (Phi) is 3.87. The molecule has 92 valence electrons. The zero-order valence-corrected chi connectivity index (χ0v) is 9.68. The molecule has 0 aliphatic carbocycles. The van der Waals surface area contributed by atoms with Crippen molar-refractivity contribution >= 4 is 11.8 Å². The summed E-state index contributed by atoms with van der Waals surface area (Å²) in [6, 6.07) is 1.85. The fourth-order valence-corrected chi connectivity index (χ4v) is 1.69. The fraction of sp³-hybridized carbons (Fsp3) is 0.545. The summed E-state index contributed by atoms with van der Waals surface area (Å²) in [5, 5.41) is 2.89. The predicted molar refractivity (Wildman–Crippen MR) is 60.7 cm³/mol. The average Bonchev–Trinajstić information content (AvgIpc) is 2.90. The lowest BCUT2D eigenvalue weighted by Crippen LogP contribution is -2.16. The van der Waals surface area contributed by atoms with Crippen LogP contribution in [0.1, 0.15) is 18.0 Å². The van der Waals surface area contributed by atoms with Crippen LogP contribution in [0, 0.1) is 0 Å². The first-order chi connectivity index (χ1) is 8.29. The summed E-state index contributed by atoms with van der Waals surface area (Å²) in [6.07, 6.45) is 2.47. The van der Waals surface area contributed by atoms with Gasteiger partial charge in [0.15, 0.2) is 0 Å². The van der Waals surface area contributed by atoms with Gasteiger partial charge in [-0.25, -0.2) is 9.97 Å². The molecule has 1 aliphatic heterocycles. The highest BCUT2D eigenvalue weighted by atomic mass is 16.5. The molecule has 6 heteroatoms. The Balaban J connectivity index is 1.98. The van der Waals surface area contributed by atoms with E-state index in [9.17, 15) is 4.79 Å². The lowest BCUT2D eigenvalue weighted by Gasteiger charge is -2.09. The van der Waals surface area contributed by atoms with Crippen LogP contribution in [0.3, 0.4) is 0 Å². The monoisotopic (exact) mass is 237 g/mol. The number of methoxy groups -OCH3 is 1. The van der Waals surface area contributed by atoms with E-state index in [2.05, 4.69) is 20.0 Å². The summed E-state index contributed by atoms with van der Waals surface area (Å²) >= 11 is 0. The molecule has 17 heavy (non-hydrogen) atoms. The van der Waals surface area contributed by atoms with E-state index in [0.29, 0.717) is 18.3 Å². The third kappa shape index (κ3) is 3.13. The van der Waals surface area contributed by atoms with Gasteiger partial charge in [-0.15, -0.1) is 0 Å². The zero-order chi connectivity index (χ0) is 12.1. The third-order valence-corrected chi connectivity index (χ3v) is 2.68. The molecule has 1 aliphatic rings. The van der Waals surface area contributed by atoms with Gasteiger partial charge in [-0.3, -0.25) is 4.79 Å². The Morgan fingerprint density at radius 3 is 3.24 bits per heavy atom. The number of carbonyl (C=O) groups is 1. The molecule has 6 nitrogen and oxygen atoms in total. The second-order valence-electron chi connectivity index (χ2n) is 3.82. The summed E-state index contributed by atoms with van der Waals surface area (Å²) < 4.78 is 9.85. The van der Waals surface area contributed by atoms with Crippen molar-refractivity contribution in [1.29, 1.82) is 0 Å². The Hall–Kier alpha value is -1.69. The second-order valence-corrected chi connectivity index (χ2v) is 3.82. The van der Waals surface area contributed by atoms with Crippen LogP contribution in [0.25, 0.3) is 0 Å². The molecule has 1 fully saturated rings. The maximum atomic E-state index is 11.0. The molecule has 1 atom stereocenters. The van der Waals surface area contributed by atoms with E-state index in [1.807, 2.05) is 6.07 Å². The minimum Gasteiger partial charge on any atom is -0.468 e. The summed E-state index contributed by atoms with van der Waals surface area (Å²) in [5.41, 5.74) is 0.949. The number of hydrogen-bond donors (Lipinski definition) is 1. The molecule has 0 aromatic carbocycles. The molecule has 2 heterocycles. The van der Waals surface area contributed by atoms with Gasteiger partial charge in [0.25, 0.3) is 0 Å². The molecular formula is C11H15N3O3. The van der Waals surface area contributed by atoms with Gasteiger partial charge in [0, 0.05) is 18.6 Å². The quantitative estimate of drug-likeness (QED) is 0.771. The predicted octanol–water partition coefficient (Wildman–Crippen LogP) is 0.565. The number of carbonyl (C=O) groups excluding carboxylic acids is 1. The Morgan fingerprint density at radius 2 is 2.53 bits per heavy atom. The van der Waals surface area contributed by atoms with Crippen molar-refractivity contribution in [3.05, 3.63) is 18.1 Å². The van der Waals surface area contributed by atoms with Crippen LogP contribution in [0.4, 0.5) is 5.82 Å². The summed E-state index contributed by atoms with van der Waals surface area (Å²) in [7, 11) is 1.35. The normalized spacial score (nSPS) is 19.0. The number of nitrogens with one attached hydrogen (secondary N) is 1. The third-order valence-electron chi connectivity index (χ3n) is 2.68. The highest BCUT2D eigenvalue weighted by Gasteiger charge is 2.19. The molecule has 1 aromatic heterocycles. The molecule has 0 saturated carbocycles. The van der Waals surface area contributed by atoms with E-state index >= 15 is 0 Å². The van der Waals surface area contributed by atoms with E-state index in [0.717, 1.165) is 18.7 Å². The first kappa shape index (κ1) is 11.8. The average molecular weight is 237 g/mol. The molecule has 0 bridgehead atoms. The number of hydrogen-bond acceptors (Lipinski definition) is 6. The molecule has 1 N–H and O–H groups in total. The van der Waals surface area contributed by atoms with E-state index in [1.165, 1.54) is 13.4 Å². The molecule has 0 radical (unpaired) electrons. The van der Waals surface area contributed by atoms with Crippen molar-refractivity contribution in [2.75, 3.05) is 32.2 Å². The van der Waals surface area contributed by atoms with Gasteiger partial charge in [-0.2, -0.15) is 0 Å².